The second-order valence-electron chi connectivity index (χ2n) is 5.52. The van der Waals surface area contributed by atoms with Gasteiger partial charge in [0.05, 0.1) is 11.4 Å². The number of amides is 2. The Kier molecular flexibility index (Phi) is 4.90. The summed E-state index contributed by atoms with van der Waals surface area (Å²) in [5.74, 6) is -0.929. The summed E-state index contributed by atoms with van der Waals surface area (Å²) in [6, 6.07) is 2.87. The van der Waals surface area contributed by atoms with E-state index in [4.69, 9.17) is 0 Å². The van der Waals surface area contributed by atoms with Crippen molar-refractivity contribution in [1.82, 2.24) is 20.1 Å². The first kappa shape index (κ1) is 18.2. The monoisotopic (exact) mass is 385 g/mol. The number of nitrogens with zero attached hydrogens (tertiary/aromatic N) is 3. The third-order valence-corrected chi connectivity index (χ3v) is 4.23. The van der Waals surface area contributed by atoms with Crippen molar-refractivity contribution in [3.63, 3.8) is 0 Å². The minimum Gasteiger partial charge on any atom is -0.340 e. The standard InChI is InChI=1S/C15H14F3N5O2S/c1-26-7-11(24)21-13-12-8(6-9(15(16,17)18)20-14(12)25)22-23(13)10-4-2-3-5-19-10/h2-5,9H,6-7H2,1H3,(H,20,25)(H,21,24). The predicted octanol–water partition coefficient (Wildman–Crippen LogP) is 1.79. The molecule has 138 valence electrons. The zero-order chi connectivity index (χ0) is 18.9. The van der Waals surface area contributed by atoms with Crippen LogP contribution in [0.3, 0.4) is 0 Å². The molecule has 1 aliphatic rings. The molecule has 1 unspecified atom stereocenters. The summed E-state index contributed by atoms with van der Waals surface area (Å²) in [6.07, 6.45) is -1.91. The first-order valence-electron chi connectivity index (χ1n) is 7.51. The number of hydrogen-bond donors (Lipinski definition) is 2. The molecule has 2 aromatic heterocycles. The zero-order valence-corrected chi connectivity index (χ0v) is 14.3. The lowest BCUT2D eigenvalue weighted by atomic mass is 10.0. The predicted molar refractivity (Wildman–Crippen MR) is 89.4 cm³/mol. The van der Waals surface area contributed by atoms with Gasteiger partial charge in [-0.25, -0.2) is 4.98 Å². The summed E-state index contributed by atoms with van der Waals surface area (Å²) < 4.78 is 40.2. The highest BCUT2D eigenvalue weighted by Gasteiger charge is 2.46. The molecule has 0 spiro atoms. The van der Waals surface area contributed by atoms with Crippen LogP contribution in [0, 0.1) is 0 Å². The van der Waals surface area contributed by atoms with E-state index in [1.54, 1.807) is 24.5 Å². The molecule has 0 saturated heterocycles. The number of fused-ring (bicyclic) bond motifs is 1. The van der Waals surface area contributed by atoms with Gasteiger partial charge in [-0.05, 0) is 18.4 Å². The molecule has 1 atom stereocenters. The van der Waals surface area contributed by atoms with E-state index in [-0.39, 0.29) is 28.6 Å². The molecule has 0 radical (unpaired) electrons. The topological polar surface area (TPSA) is 88.9 Å². The Morgan fingerprint density at radius 1 is 1.46 bits per heavy atom. The Bertz CT molecular complexity index is 838. The number of hydrogen-bond acceptors (Lipinski definition) is 5. The first-order valence-corrected chi connectivity index (χ1v) is 8.90. The molecule has 0 aliphatic carbocycles. The van der Waals surface area contributed by atoms with Crippen molar-refractivity contribution in [2.75, 3.05) is 17.3 Å². The fourth-order valence-electron chi connectivity index (χ4n) is 2.58. The lowest BCUT2D eigenvalue weighted by Gasteiger charge is -2.25. The van der Waals surface area contributed by atoms with Crippen LogP contribution in [0.25, 0.3) is 5.82 Å². The number of aromatic nitrogens is 3. The van der Waals surface area contributed by atoms with Crippen molar-refractivity contribution in [1.29, 1.82) is 0 Å². The second kappa shape index (κ2) is 6.98. The lowest BCUT2D eigenvalue weighted by molar-refractivity contribution is -0.154. The summed E-state index contributed by atoms with van der Waals surface area (Å²) in [5.41, 5.74) is -0.119. The van der Waals surface area contributed by atoms with Gasteiger partial charge in [0.2, 0.25) is 5.91 Å². The van der Waals surface area contributed by atoms with Gasteiger partial charge in [0.1, 0.15) is 11.6 Å². The molecule has 3 heterocycles. The number of alkyl halides is 3. The molecule has 0 saturated carbocycles. The van der Waals surface area contributed by atoms with Crippen LogP contribution < -0.4 is 10.6 Å². The van der Waals surface area contributed by atoms with Gasteiger partial charge in [0.15, 0.2) is 11.6 Å². The Hall–Kier alpha value is -2.56. The Balaban J connectivity index is 2.08. The van der Waals surface area contributed by atoms with Crippen molar-refractivity contribution in [2.24, 2.45) is 0 Å². The van der Waals surface area contributed by atoms with Gasteiger partial charge >= 0.3 is 6.18 Å². The van der Waals surface area contributed by atoms with E-state index in [0.717, 1.165) is 0 Å². The van der Waals surface area contributed by atoms with E-state index < -0.39 is 30.5 Å². The van der Waals surface area contributed by atoms with Crippen LogP contribution >= 0.6 is 11.8 Å². The summed E-state index contributed by atoms with van der Waals surface area (Å²) in [4.78, 5) is 28.4. The van der Waals surface area contributed by atoms with Gasteiger partial charge in [-0.3, -0.25) is 9.59 Å². The number of rotatable bonds is 4. The number of pyridine rings is 1. The molecule has 2 amide bonds. The average Bonchev–Trinajstić information content (AvgIpc) is 2.94. The van der Waals surface area contributed by atoms with E-state index in [1.807, 2.05) is 5.32 Å². The maximum Gasteiger partial charge on any atom is 0.409 e. The smallest absolute Gasteiger partial charge is 0.340 e. The number of anilines is 1. The molecular formula is C15H14F3N5O2S. The number of halogens is 3. The van der Waals surface area contributed by atoms with Crippen LogP contribution in [0.5, 0.6) is 0 Å². The van der Waals surface area contributed by atoms with Crippen LogP contribution in [-0.4, -0.2) is 50.8 Å². The highest BCUT2D eigenvalue weighted by molar-refractivity contribution is 7.99. The van der Waals surface area contributed by atoms with Gasteiger partial charge in [0.25, 0.3) is 5.91 Å². The third kappa shape index (κ3) is 3.52. The molecule has 0 bridgehead atoms. The summed E-state index contributed by atoms with van der Waals surface area (Å²) in [7, 11) is 0. The van der Waals surface area contributed by atoms with Crippen LogP contribution in [0.15, 0.2) is 24.4 Å². The van der Waals surface area contributed by atoms with Gasteiger partial charge in [0, 0.05) is 12.6 Å². The Morgan fingerprint density at radius 3 is 2.85 bits per heavy atom. The summed E-state index contributed by atoms with van der Waals surface area (Å²) >= 11 is 1.27. The lowest BCUT2D eigenvalue weighted by Crippen LogP contribution is -2.50. The fourth-order valence-corrected chi connectivity index (χ4v) is 2.91. The fraction of sp³-hybridized carbons (Fsp3) is 0.333. The average molecular weight is 385 g/mol. The molecule has 26 heavy (non-hydrogen) atoms. The largest absolute Gasteiger partial charge is 0.409 e. The molecule has 1 aliphatic heterocycles. The van der Waals surface area contributed by atoms with Crippen molar-refractivity contribution >= 4 is 29.4 Å². The maximum atomic E-state index is 13.0. The molecular weight excluding hydrogens is 371 g/mol. The number of carbonyl (C=O) groups excluding carboxylic acids is 2. The van der Waals surface area contributed by atoms with E-state index in [2.05, 4.69) is 15.4 Å². The van der Waals surface area contributed by atoms with Crippen molar-refractivity contribution in [3.8, 4) is 5.82 Å². The van der Waals surface area contributed by atoms with Gasteiger partial charge < -0.3 is 10.6 Å². The van der Waals surface area contributed by atoms with Gasteiger partial charge in [-0.15, -0.1) is 0 Å². The van der Waals surface area contributed by atoms with E-state index in [9.17, 15) is 22.8 Å². The Morgan fingerprint density at radius 2 is 2.23 bits per heavy atom. The summed E-state index contributed by atoms with van der Waals surface area (Å²) in [5, 5.41) is 8.61. The highest BCUT2D eigenvalue weighted by atomic mass is 32.2. The van der Waals surface area contributed by atoms with Gasteiger partial charge in [-0.2, -0.15) is 34.7 Å². The van der Waals surface area contributed by atoms with Crippen molar-refractivity contribution in [2.45, 2.75) is 18.6 Å². The summed E-state index contributed by atoms with van der Waals surface area (Å²) in [6.45, 7) is 0. The van der Waals surface area contributed by atoms with E-state index in [0.29, 0.717) is 0 Å². The van der Waals surface area contributed by atoms with Gasteiger partial charge in [-0.1, -0.05) is 6.07 Å². The molecule has 2 N–H and O–H groups in total. The number of carbonyl (C=O) groups is 2. The quantitative estimate of drug-likeness (QED) is 0.838. The van der Waals surface area contributed by atoms with E-state index in [1.165, 1.54) is 22.6 Å². The van der Waals surface area contributed by atoms with E-state index >= 15 is 0 Å². The second-order valence-corrected chi connectivity index (χ2v) is 6.39. The van der Waals surface area contributed by atoms with Crippen molar-refractivity contribution in [3.05, 3.63) is 35.7 Å². The zero-order valence-electron chi connectivity index (χ0n) is 13.5. The maximum absolute atomic E-state index is 13.0. The SMILES string of the molecule is CSCC(=O)Nc1c2c(nn1-c1ccccn1)CC(C(F)(F)F)NC2=O. The van der Waals surface area contributed by atoms with Crippen LogP contribution in [0.2, 0.25) is 0 Å². The minimum atomic E-state index is -4.59. The first-order chi connectivity index (χ1) is 12.3. The van der Waals surface area contributed by atoms with Crippen molar-refractivity contribution < 1.29 is 22.8 Å². The van der Waals surface area contributed by atoms with Crippen LogP contribution in [0.1, 0.15) is 16.1 Å². The number of nitrogens with one attached hydrogen (secondary N) is 2. The molecule has 3 rings (SSSR count). The molecule has 0 aromatic carbocycles. The molecule has 2 aromatic rings. The van der Waals surface area contributed by atoms with Crippen LogP contribution in [-0.2, 0) is 11.2 Å². The molecule has 0 fully saturated rings. The molecule has 11 heteroatoms. The minimum absolute atomic E-state index is 0.0101. The highest BCUT2D eigenvalue weighted by Crippen LogP contribution is 2.32. The number of thioether (sulfide) groups is 1. The third-order valence-electron chi connectivity index (χ3n) is 3.68. The Labute approximate surface area is 150 Å². The normalized spacial score (nSPS) is 16.8. The van der Waals surface area contributed by atoms with Crippen LogP contribution in [0.4, 0.5) is 19.0 Å². The molecule has 7 nitrogen and oxygen atoms in total.